The summed E-state index contributed by atoms with van der Waals surface area (Å²) in [5, 5.41) is 8.62. The van der Waals surface area contributed by atoms with Crippen molar-refractivity contribution in [2.24, 2.45) is 0 Å². The first-order valence-electron chi connectivity index (χ1n) is 5.33. The Morgan fingerprint density at radius 2 is 2.00 bits per heavy atom. The van der Waals surface area contributed by atoms with Crippen LogP contribution >= 0.6 is 11.8 Å². The van der Waals surface area contributed by atoms with Crippen molar-refractivity contribution in [3.8, 4) is 0 Å². The summed E-state index contributed by atoms with van der Waals surface area (Å²) in [6, 6.07) is 7.28. The average molecular weight is 275 g/mol. The van der Waals surface area contributed by atoms with Gasteiger partial charge in [-0.2, -0.15) is 0 Å². The molecule has 4 nitrogen and oxygen atoms in total. The molecule has 0 amide bonds. The summed E-state index contributed by atoms with van der Waals surface area (Å²) >= 11 is 1.50. The molecule has 0 aliphatic heterocycles. The van der Waals surface area contributed by atoms with Gasteiger partial charge in [-0.1, -0.05) is 12.1 Å². The van der Waals surface area contributed by atoms with Gasteiger partial charge in [-0.05, 0) is 31.2 Å². The van der Waals surface area contributed by atoms with Gasteiger partial charge in [0.1, 0.15) is 0 Å². The summed E-state index contributed by atoms with van der Waals surface area (Å²) in [4.78, 5) is 0.901. The predicted octanol–water partition coefficient (Wildman–Crippen LogP) is 1.92. The van der Waals surface area contributed by atoms with Crippen molar-refractivity contribution in [1.29, 1.82) is 0 Å². The molecule has 0 atom stereocenters. The van der Waals surface area contributed by atoms with E-state index in [2.05, 4.69) is 4.72 Å². The number of sulfonamides is 1. The van der Waals surface area contributed by atoms with Crippen molar-refractivity contribution in [3.05, 3.63) is 24.3 Å². The first-order valence-corrected chi connectivity index (χ1v) is 8.21. The van der Waals surface area contributed by atoms with Gasteiger partial charge in [0.25, 0.3) is 0 Å². The molecule has 17 heavy (non-hydrogen) atoms. The molecule has 1 aromatic carbocycles. The Hall–Kier alpha value is -0.720. The first-order chi connectivity index (χ1) is 8.09. The van der Waals surface area contributed by atoms with Crippen LogP contribution in [0.2, 0.25) is 0 Å². The topological polar surface area (TPSA) is 66.4 Å². The molecule has 0 bridgehead atoms. The lowest BCUT2D eigenvalue weighted by Crippen LogP contribution is -2.17. The Morgan fingerprint density at radius 3 is 2.65 bits per heavy atom. The second-order valence-corrected chi connectivity index (χ2v) is 6.24. The number of para-hydroxylation sites is 1. The molecular formula is C11H17NO3S2. The molecule has 0 saturated carbocycles. The van der Waals surface area contributed by atoms with Crippen LogP contribution in [-0.4, -0.2) is 32.1 Å². The van der Waals surface area contributed by atoms with Gasteiger partial charge in [0.15, 0.2) is 0 Å². The second-order valence-electron chi connectivity index (χ2n) is 3.55. The summed E-state index contributed by atoms with van der Waals surface area (Å²) in [6.45, 7) is 0.0247. The normalized spacial score (nSPS) is 11.4. The van der Waals surface area contributed by atoms with Crippen LogP contribution in [0.15, 0.2) is 29.2 Å². The Balaban J connectivity index is 2.69. The number of rotatable bonds is 7. The van der Waals surface area contributed by atoms with Gasteiger partial charge in [0.05, 0.1) is 11.4 Å². The smallest absolute Gasteiger partial charge is 0.232 e. The summed E-state index contributed by atoms with van der Waals surface area (Å²) in [5.74, 6) is 0.0380. The third kappa shape index (κ3) is 4.97. The van der Waals surface area contributed by atoms with E-state index in [0.717, 1.165) is 4.90 Å². The van der Waals surface area contributed by atoms with Crippen molar-refractivity contribution in [2.45, 2.75) is 17.7 Å². The van der Waals surface area contributed by atoms with Crippen molar-refractivity contribution in [3.63, 3.8) is 0 Å². The number of hydrogen-bond acceptors (Lipinski definition) is 4. The number of nitrogens with one attached hydrogen (secondary N) is 1. The zero-order chi connectivity index (χ0) is 12.7. The number of anilines is 1. The predicted molar refractivity (Wildman–Crippen MR) is 72.0 cm³/mol. The van der Waals surface area contributed by atoms with Crippen LogP contribution in [-0.2, 0) is 10.0 Å². The molecule has 0 fully saturated rings. The summed E-state index contributed by atoms with van der Waals surface area (Å²) < 4.78 is 26.0. The number of unbranched alkanes of at least 4 members (excludes halogenated alkanes) is 1. The van der Waals surface area contributed by atoms with E-state index in [-0.39, 0.29) is 12.4 Å². The molecule has 6 heteroatoms. The molecule has 0 unspecified atom stereocenters. The highest BCUT2D eigenvalue weighted by molar-refractivity contribution is 7.99. The first kappa shape index (κ1) is 14.3. The van der Waals surface area contributed by atoms with E-state index in [4.69, 9.17) is 5.11 Å². The maximum Gasteiger partial charge on any atom is 0.232 e. The van der Waals surface area contributed by atoms with E-state index >= 15 is 0 Å². The molecule has 96 valence electrons. The van der Waals surface area contributed by atoms with Crippen LogP contribution in [0.5, 0.6) is 0 Å². The monoisotopic (exact) mass is 275 g/mol. The SMILES string of the molecule is CSc1ccccc1NS(=O)(=O)CCCCO. The van der Waals surface area contributed by atoms with E-state index < -0.39 is 10.0 Å². The van der Waals surface area contributed by atoms with E-state index in [1.165, 1.54) is 11.8 Å². The fourth-order valence-corrected chi connectivity index (χ4v) is 3.17. The zero-order valence-electron chi connectivity index (χ0n) is 9.72. The van der Waals surface area contributed by atoms with Gasteiger partial charge in [0, 0.05) is 11.5 Å². The van der Waals surface area contributed by atoms with Crippen LogP contribution in [0, 0.1) is 0 Å². The molecule has 0 heterocycles. The van der Waals surface area contributed by atoms with E-state index in [1.807, 2.05) is 18.4 Å². The largest absolute Gasteiger partial charge is 0.396 e. The average Bonchev–Trinajstić information content (AvgIpc) is 2.29. The zero-order valence-corrected chi connectivity index (χ0v) is 11.4. The lowest BCUT2D eigenvalue weighted by atomic mass is 10.3. The molecule has 0 aliphatic carbocycles. The van der Waals surface area contributed by atoms with E-state index in [0.29, 0.717) is 18.5 Å². The minimum absolute atomic E-state index is 0.0247. The number of aliphatic hydroxyl groups excluding tert-OH is 1. The van der Waals surface area contributed by atoms with Crippen LogP contribution < -0.4 is 4.72 Å². The van der Waals surface area contributed by atoms with Crippen LogP contribution in [0.1, 0.15) is 12.8 Å². The van der Waals surface area contributed by atoms with Crippen molar-refractivity contribution in [2.75, 3.05) is 23.3 Å². The second kappa shape index (κ2) is 6.88. The number of thioether (sulfide) groups is 1. The van der Waals surface area contributed by atoms with E-state index in [1.54, 1.807) is 12.1 Å². The molecule has 0 radical (unpaired) electrons. The highest BCUT2D eigenvalue weighted by atomic mass is 32.2. The van der Waals surface area contributed by atoms with Gasteiger partial charge in [-0.15, -0.1) is 11.8 Å². The van der Waals surface area contributed by atoms with Gasteiger partial charge in [0.2, 0.25) is 10.0 Å². The Bertz CT molecular complexity index is 446. The molecule has 2 N–H and O–H groups in total. The fourth-order valence-electron chi connectivity index (χ4n) is 1.35. The highest BCUT2D eigenvalue weighted by Crippen LogP contribution is 2.25. The van der Waals surface area contributed by atoms with E-state index in [9.17, 15) is 8.42 Å². The number of benzene rings is 1. The molecular weight excluding hydrogens is 258 g/mol. The third-order valence-corrected chi connectivity index (χ3v) is 4.35. The van der Waals surface area contributed by atoms with Crippen molar-refractivity contribution >= 4 is 27.5 Å². The molecule has 0 spiro atoms. The Morgan fingerprint density at radius 1 is 1.29 bits per heavy atom. The molecule has 1 aromatic rings. The lowest BCUT2D eigenvalue weighted by Gasteiger charge is -2.10. The maximum absolute atomic E-state index is 11.7. The summed E-state index contributed by atoms with van der Waals surface area (Å²) in [5.41, 5.74) is 0.615. The molecule has 1 rings (SSSR count). The Labute approximate surface area is 106 Å². The molecule has 0 saturated heterocycles. The van der Waals surface area contributed by atoms with Crippen molar-refractivity contribution in [1.82, 2.24) is 0 Å². The quantitative estimate of drug-likeness (QED) is 0.589. The standard InChI is InChI=1S/C11H17NO3S2/c1-16-11-7-3-2-6-10(11)12-17(14,15)9-5-4-8-13/h2-3,6-7,12-13H,4-5,8-9H2,1H3. The lowest BCUT2D eigenvalue weighted by molar-refractivity contribution is 0.287. The van der Waals surface area contributed by atoms with Crippen LogP contribution in [0.25, 0.3) is 0 Å². The number of aliphatic hydroxyl groups is 1. The molecule has 0 aliphatic rings. The van der Waals surface area contributed by atoms with Gasteiger partial charge in [-0.25, -0.2) is 8.42 Å². The Kier molecular flexibility index (Phi) is 5.80. The van der Waals surface area contributed by atoms with Crippen molar-refractivity contribution < 1.29 is 13.5 Å². The summed E-state index contributed by atoms with van der Waals surface area (Å²) in [7, 11) is -3.31. The highest BCUT2D eigenvalue weighted by Gasteiger charge is 2.11. The third-order valence-electron chi connectivity index (χ3n) is 2.19. The van der Waals surface area contributed by atoms with Crippen LogP contribution in [0.4, 0.5) is 5.69 Å². The maximum atomic E-state index is 11.7. The summed E-state index contributed by atoms with van der Waals surface area (Å²) in [6.07, 6.45) is 2.87. The minimum Gasteiger partial charge on any atom is -0.396 e. The fraction of sp³-hybridized carbons (Fsp3) is 0.455. The minimum atomic E-state index is -3.31. The number of hydrogen-bond donors (Lipinski definition) is 2. The van der Waals surface area contributed by atoms with Gasteiger partial charge >= 0.3 is 0 Å². The molecule has 0 aromatic heterocycles. The van der Waals surface area contributed by atoms with Gasteiger partial charge < -0.3 is 5.11 Å². The van der Waals surface area contributed by atoms with Crippen LogP contribution in [0.3, 0.4) is 0 Å². The van der Waals surface area contributed by atoms with Gasteiger partial charge in [-0.3, -0.25) is 4.72 Å².